The minimum Gasteiger partial charge on any atom is -0.457 e. The predicted molar refractivity (Wildman–Crippen MR) is 81.0 cm³/mol. The van der Waals surface area contributed by atoms with E-state index in [4.69, 9.17) is 9.47 Å². The molecule has 1 saturated carbocycles. The van der Waals surface area contributed by atoms with E-state index in [1.807, 2.05) is 52.0 Å². The van der Waals surface area contributed by atoms with Gasteiger partial charge >= 0.3 is 5.97 Å². The van der Waals surface area contributed by atoms with Crippen molar-refractivity contribution in [1.29, 1.82) is 0 Å². The fraction of sp³-hybridized carbons (Fsp3) is 0.611. The average Bonchev–Trinajstić information content (AvgIpc) is 2.78. The fourth-order valence-corrected chi connectivity index (χ4v) is 3.47. The van der Waals surface area contributed by atoms with Crippen molar-refractivity contribution >= 4 is 5.97 Å². The molecule has 1 saturated heterocycles. The molecule has 0 bridgehead atoms. The molecular weight excluding hydrogens is 264 g/mol. The molecule has 1 aliphatic carbocycles. The van der Waals surface area contributed by atoms with Crippen LogP contribution in [-0.4, -0.2) is 17.2 Å². The average molecular weight is 288 g/mol. The lowest BCUT2D eigenvalue weighted by molar-refractivity contribution is -0.162. The van der Waals surface area contributed by atoms with Crippen LogP contribution in [0.5, 0.6) is 0 Å². The van der Waals surface area contributed by atoms with E-state index in [2.05, 4.69) is 0 Å². The lowest BCUT2D eigenvalue weighted by Crippen LogP contribution is -2.37. The number of carbonyl (C=O) groups is 1. The second-order valence-corrected chi connectivity index (χ2v) is 7.35. The summed E-state index contributed by atoms with van der Waals surface area (Å²) in [6.07, 6.45) is 4.13. The van der Waals surface area contributed by atoms with Crippen molar-refractivity contribution in [2.75, 3.05) is 0 Å². The summed E-state index contributed by atoms with van der Waals surface area (Å²) in [5, 5.41) is 0. The first kappa shape index (κ1) is 14.6. The van der Waals surface area contributed by atoms with Gasteiger partial charge < -0.3 is 9.47 Å². The molecule has 0 aromatic heterocycles. The van der Waals surface area contributed by atoms with Gasteiger partial charge in [-0.15, -0.1) is 0 Å². The smallest absolute Gasteiger partial charge is 0.346 e. The Balaban J connectivity index is 1.98. The third-order valence-electron chi connectivity index (χ3n) is 4.50. The second kappa shape index (κ2) is 4.57. The molecular formula is C18H24O3. The van der Waals surface area contributed by atoms with Crippen molar-refractivity contribution in [2.24, 2.45) is 0 Å². The normalized spacial score (nSPS) is 26.9. The maximum absolute atomic E-state index is 12.8. The van der Waals surface area contributed by atoms with Crippen molar-refractivity contribution < 1.29 is 14.3 Å². The Hall–Kier alpha value is -1.35. The Bertz CT molecular complexity index is 547. The fourth-order valence-electron chi connectivity index (χ4n) is 3.47. The van der Waals surface area contributed by atoms with Crippen molar-refractivity contribution in [1.82, 2.24) is 0 Å². The van der Waals surface area contributed by atoms with E-state index >= 15 is 0 Å². The monoisotopic (exact) mass is 288 g/mol. The zero-order chi connectivity index (χ0) is 15.3. The topological polar surface area (TPSA) is 38.8 Å². The largest absolute Gasteiger partial charge is 0.457 e. The summed E-state index contributed by atoms with van der Waals surface area (Å²) in [6.45, 7) is 7.75. The number of benzene rings is 1. The molecule has 2 aliphatic rings. The highest BCUT2D eigenvalue weighted by Crippen LogP contribution is 2.64. The molecule has 21 heavy (non-hydrogen) atoms. The molecule has 1 unspecified atom stereocenters. The quantitative estimate of drug-likeness (QED) is 0.612. The van der Waals surface area contributed by atoms with Crippen molar-refractivity contribution in [3.8, 4) is 0 Å². The standard InChI is InChI=1S/C18H24O3/c1-13-7-9-14(10-8-13)18(15(19)20-16(2,3)4)17(21-18)11-5-6-12-17/h7-10H,5-6,11-12H2,1-4H3. The van der Waals surface area contributed by atoms with E-state index < -0.39 is 11.2 Å². The van der Waals surface area contributed by atoms with Gasteiger partial charge in [-0.1, -0.05) is 42.7 Å². The van der Waals surface area contributed by atoms with Crippen LogP contribution >= 0.6 is 0 Å². The minimum atomic E-state index is -0.884. The minimum absolute atomic E-state index is 0.235. The molecule has 3 heteroatoms. The van der Waals surface area contributed by atoms with Crippen molar-refractivity contribution in [3.05, 3.63) is 35.4 Å². The maximum atomic E-state index is 12.8. The van der Waals surface area contributed by atoms with Crippen LogP contribution in [0.15, 0.2) is 24.3 Å². The predicted octanol–water partition coefficient (Wildman–Crippen LogP) is 3.88. The first-order valence-electron chi connectivity index (χ1n) is 7.80. The molecule has 0 radical (unpaired) electrons. The molecule has 1 spiro atoms. The van der Waals surface area contributed by atoms with Crippen molar-refractivity contribution in [3.63, 3.8) is 0 Å². The zero-order valence-electron chi connectivity index (χ0n) is 13.4. The Morgan fingerprint density at radius 1 is 1.14 bits per heavy atom. The molecule has 1 heterocycles. The molecule has 1 aromatic carbocycles. The van der Waals surface area contributed by atoms with Crippen LogP contribution in [0.1, 0.15) is 57.6 Å². The number of hydrogen-bond donors (Lipinski definition) is 0. The Kier molecular flexibility index (Phi) is 3.17. The van der Waals surface area contributed by atoms with Gasteiger partial charge in [-0.3, -0.25) is 0 Å². The van der Waals surface area contributed by atoms with Gasteiger partial charge in [-0.05, 0) is 46.1 Å². The van der Waals surface area contributed by atoms with Gasteiger partial charge in [0.25, 0.3) is 0 Å². The summed E-state index contributed by atoms with van der Waals surface area (Å²) in [7, 11) is 0. The highest BCUT2D eigenvalue weighted by molar-refractivity contribution is 5.87. The Morgan fingerprint density at radius 2 is 1.71 bits per heavy atom. The van der Waals surface area contributed by atoms with Crippen molar-refractivity contribution in [2.45, 2.75) is 70.2 Å². The highest BCUT2D eigenvalue weighted by Gasteiger charge is 2.76. The lowest BCUT2D eigenvalue weighted by Gasteiger charge is -2.24. The lowest BCUT2D eigenvalue weighted by atomic mass is 9.84. The summed E-state index contributed by atoms with van der Waals surface area (Å²) in [4.78, 5) is 12.8. The van der Waals surface area contributed by atoms with Gasteiger partial charge in [0.05, 0.1) is 0 Å². The van der Waals surface area contributed by atoms with Gasteiger partial charge in [0.1, 0.15) is 11.2 Å². The van der Waals surface area contributed by atoms with Crippen LogP contribution in [0.25, 0.3) is 0 Å². The highest BCUT2D eigenvalue weighted by atomic mass is 16.7. The number of epoxide rings is 1. The van der Waals surface area contributed by atoms with Crippen LogP contribution in [0.4, 0.5) is 0 Å². The SMILES string of the molecule is Cc1ccc(C2(C(=O)OC(C)(C)C)OC23CCCC3)cc1. The van der Waals surface area contributed by atoms with Crippen LogP contribution in [0, 0.1) is 6.92 Å². The van der Waals surface area contributed by atoms with E-state index in [1.54, 1.807) is 0 Å². The summed E-state index contributed by atoms with van der Waals surface area (Å²) in [6, 6.07) is 8.08. The molecule has 114 valence electrons. The number of esters is 1. The van der Waals surface area contributed by atoms with Gasteiger partial charge in [0, 0.05) is 0 Å². The Morgan fingerprint density at radius 3 is 2.24 bits per heavy atom. The molecule has 1 atom stereocenters. The summed E-state index contributed by atoms with van der Waals surface area (Å²) in [5.41, 5.74) is 0.402. The maximum Gasteiger partial charge on any atom is 0.346 e. The molecule has 1 aliphatic heterocycles. The summed E-state index contributed by atoms with van der Waals surface area (Å²) < 4.78 is 11.8. The number of ether oxygens (including phenoxy) is 2. The van der Waals surface area contributed by atoms with Crippen LogP contribution in [-0.2, 0) is 19.9 Å². The molecule has 3 rings (SSSR count). The summed E-state index contributed by atoms with van der Waals surface area (Å²) >= 11 is 0. The zero-order valence-corrected chi connectivity index (χ0v) is 13.4. The van der Waals surface area contributed by atoms with E-state index in [1.165, 1.54) is 5.56 Å². The molecule has 2 fully saturated rings. The number of hydrogen-bond acceptors (Lipinski definition) is 3. The number of carbonyl (C=O) groups excluding carboxylic acids is 1. The second-order valence-electron chi connectivity index (χ2n) is 7.35. The van der Waals surface area contributed by atoms with Crippen LogP contribution < -0.4 is 0 Å². The van der Waals surface area contributed by atoms with Crippen LogP contribution in [0.3, 0.4) is 0 Å². The molecule has 0 N–H and O–H groups in total. The first-order valence-corrected chi connectivity index (χ1v) is 7.80. The Labute approximate surface area is 126 Å². The van der Waals surface area contributed by atoms with Gasteiger partial charge in [-0.25, -0.2) is 4.79 Å². The number of aryl methyl sites for hydroxylation is 1. The third-order valence-corrected chi connectivity index (χ3v) is 4.50. The van der Waals surface area contributed by atoms with Gasteiger partial charge in [0.2, 0.25) is 5.60 Å². The van der Waals surface area contributed by atoms with E-state index in [0.29, 0.717) is 0 Å². The van der Waals surface area contributed by atoms with E-state index in [0.717, 1.165) is 31.2 Å². The molecule has 1 aromatic rings. The first-order chi connectivity index (χ1) is 9.79. The van der Waals surface area contributed by atoms with E-state index in [-0.39, 0.29) is 11.6 Å². The van der Waals surface area contributed by atoms with Gasteiger partial charge in [-0.2, -0.15) is 0 Å². The van der Waals surface area contributed by atoms with Gasteiger partial charge in [0.15, 0.2) is 0 Å². The number of rotatable bonds is 2. The summed E-state index contributed by atoms with van der Waals surface area (Å²) in [5.74, 6) is -0.235. The van der Waals surface area contributed by atoms with Crippen LogP contribution in [0.2, 0.25) is 0 Å². The molecule has 0 amide bonds. The third kappa shape index (κ3) is 2.28. The molecule has 3 nitrogen and oxygen atoms in total. The van der Waals surface area contributed by atoms with E-state index in [9.17, 15) is 4.79 Å².